The van der Waals surface area contributed by atoms with Crippen molar-refractivity contribution < 1.29 is 0 Å². The smallest absolute Gasteiger partial charge is 0.0726 e. The number of nitrogens with zero attached hydrogens (tertiary/aromatic N) is 1. The van der Waals surface area contributed by atoms with Crippen LogP contribution >= 0.6 is 11.3 Å². The Morgan fingerprint density at radius 2 is 1.06 bits per heavy atom. The minimum absolute atomic E-state index is 0.00267. The van der Waals surface area contributed by atoms with Crippen LogP contribution in [0.25, 0.3) is 64.7 Å². The van der Waals surface area contributed by atoms with Gasteiger partial charge in [-0.3, -0.25) is 0 Å². The van der Waals surface area contributed by atoms with E-state index in [1.54, 1.807) is 0 Å². The molecule has 14 rings (SSSR count). The molecule has 3 unspecified atom stereocenters. The van der Waals surface area contributed by atoms with Crippen LogP contribution in [0.5, 0.6) is 0 Å². The summed E-state index contributed by atoms with van der Waals surface area (Å²) in [5, 5.41) is 2.69. The lowest BCUT2D eigenvalue weighted by Crippen LogP contribution is -2.28. The standard InChI is InChI=1S/C64H45NS/c1-63(2)52-25-11-6-20-46(52)47-36-35-43(39-57(47)63)65(58-29-14-9-19-44(58)40-17-4-3-5-18-40)42-33-31-41(32-34-42)45-24-16-28-55-60(45)50-22-7-12-26-53(50)64(55)54-27-13-8-23-51(54)61-56(64)38-37-49-48-21-10-15-30-59(48)66-62(49)61/h3-39,47,57H,1-2H3. The molecule has 1 aromatic heterocycles. The molecule has 10 aromatic rings. The summed E-state index contributed by atoms with van der Waals surface area (Å²) in [6.07, 6.45) is 7.40. The topological polar surface area (TPSA) is 3.24 Å². The van der Waals surface area contributed by atoms with E-state index in [9.17, 15) is 0 Å². The molecule has 0 saturated carbocycles. The Morgan fingerprint density at radius 1 is 0.455 bits per heavy atom. The van der Waals surface area contributed by atoms with Crippen molar-refractivity contribution in [1.29, 1.82) is 0 Å². The van der Waals surface area contributed by atoms with Crippen molar-refractivity contribution in [2.45, 2.75) is 30.6 Å². The van der Waals surface area contributed by atoms with Crippen molar-refractivity contribution in [2.75, 3.05) is 4.90 Å². The summed E-state index contributed by atoms with van der Waals surface area (Å²) in [5.74, 6) is 0.690. The van der Waals surface area contributed by atoms with Crippen molar-refractivity contribution in [2.24, 2.45) is 5.92 Å². The van der Waals surface area contributed by atoms with E-state index < -0.39 is 5.41 Å². The largest absolute Gasteiger partial charge is 0.310 e. The van der Waals surface area contributed by atoms with E-state index in [1.807, 2.05) is 11.3 Å². The number of para-hydroxylation sites is 1. The fraction of sp³-hybridized carbons (Fsp3) is 0.0938. The molecule has 0 fully saturated rings. The van der Waals surface area contributed by atoms with Gasteiger partial charge in [-0.15, -0.1) is 11.3 Å². The van der Waals surface area contributed by atoms with Gasteiger partial charge in [-0.1, -0.05) is 208 Å². The molecule has 0 bridgehead atoms. The summed E-state index contributed by atoms with van der Waals surface area (Å²) in [6, 6.07) is 77.5. The molecule has 0 amide bonds. The van der Waals surface area contributed by atoms with Crippen molar-refractivity contribution in [3.05, 3.63) is 264 Å². The lowest BCUT2D eigenvalue weighted by molar-refractivity contribution is 0.392. The monoisotopic (exact) mass is 859 g/mol. The molecular formula is C64H45NS. The van der Waals surface area contributed by atoms with Crippen LogP contribution in [0.2, 0.25) is 0 Å². The zero-order chi connectivity index (χ0) is 43.7. The highest BCUT2D eigenvalue weighted by molar-refractivity contribution is 7.26. The number of allylic oxidation sites excluding steroid dienone is 3. The van der Waals surface area contributed by atoms with Crippen LogP contribution in [0.4, 0.5) is 11.4 Å². The molecule has 1 spiro atoms. The Morgan fingerprint density at radius 3 is 1.86 bits per heavy atom. The van der Waals surface area contributed by atoms with Crippen molar-refractivity contribution >= 4 is 42.9 Å². The van der Waals surface area contributed by atoms with Crippen LogP contribution in [-0.4, -0.2) is 0 Å². The van der Waals surface area contributed by atoms with E-state index in [-0.39, 0.29) is 5.41 Å². The summed E-state index contributed by atoms with van der Waals surface area (Å²) in [6.45, 7) is 4.85. The van der Waals surface area contributed by atoms with Gasteiger partial charge in [-0.05, 0) is 108 Å². The van der Waals surface area contributed by atoms with Gasteiger partial charge in [0.1, 0.15) is 0 Å². The Balaban J connectivity index is 0.939. The molecular weight excluding hydrogens is 815 g/mol. The van der Waals surface area contributed by atoms with Crippen molar-refractivity contribution in [3.63, 3.8) is 0 Å². The Hall–Kier alpha value is -7.52. The van der Waals surface area contributed by atoms with Crippen molar-refractivity contribution in [3.8, 4) is 44.5 Å². The zero-order valence-corrected chi connectivity index (χ0v) is 37.7. The third-order valence-corrected chi connectivity index (χ3v) is 16.8. The number of fused-ring (bicyclic) bond motifs is 17. The summed E-state index contributed by atoms with van der Waals surface area (Å²) in [5.41, 5.74) is 21.8. The first kappa shape index (κ1) is 37.8. The summed E-state index contributed by atoms with van der Waals surface area (Å²) in [7, 11) is 0. The van der Waals surface area contributed by atoms with E-state index in [4.69, 9.17) is 0 Å². The van der Waals surface area contributed by atoms with Gasteiger partial charge in [0.25, 0.3) is 0 Å². The average molecular weight is 860 g/mol. The predicted octanol–water partition coefficient (Wildman–Crippen LogP) is 17.0. The zero-order valence-electron chi connectivity index (χ0n) is 36.9. The first-order valence-electron chi connectivity index (χ1n) is 23.3. The van der Waals surface area contributed by atoms with E-state index in [1.165, 1.54) is 109 Å². The second-order valence-electron chi connectivity index (χ2n) is 19.1. The molecule has 0 aliphatic heterocycles. The Bertz CT molecular complexity index is 3700. The van der Waals surface area contributed by atoms with Gasteiger partial charge in [0.15, 0.2) is 0 Å². The van der Waals surface area contributed by atoms with Crippen LogP contribution in [0, 0.1) is 5.92 Å². The number of hydrogen-bond acceptors (Lipinski definition) is 2. The minimum atomic E-state index is -0.429. The van der Waals surface area contributed by atoms with Crippen LogP contribution in [0.15, 0.2) is 230 Å². The molecule has 1 heterocycles. The predicted molar refractivity (Wildman–Crippen MR) is 278 cm³/mol. The fourth-order valence-corrected chi connectivity index (χ4v) is 14.0. The number of benzene rings is 9. The van der Waals surface area contributed by atoms with Crippen LogP contribution in [0.3, 0.4) is 0 Å². The van der Waals surface area contributed by atoms with Gasteiger partial charge in [-0.2, -0.15) is 0 Å². The van der Waals surface area contributed by atoms with Crippen LogP contribution in [0.1, 0.15) is 53.1 Å². The maximum Gasteiger partial charge on any atom is 0.0726 e. The average Bonchev–Trinajstić information content (AvgIpc) is 4.07. The summed E-state index contributed by atoms with van der Waals surface area (Å²) in [4.78, 5) is 2.50. The summed E-state index contributed by atoms with van der Waals surface area (Å²) >= 11 is 1.94. The summed E-state index contributed by atoms with van der Waals surface area (Å²) < 4.78 is 2.72. The fourth-order valence-electron chi connectivity index (χ4n) is 12.8. The van der Waals surface area contributed by atoms with Gasteiger partial charge in [-0.25, -0.2) is 0 Å². The van der Waals surface area contributed by atoms with Gasteiger partial charge < -0.3 is 4.90 Å². The third kappa shape index (κ3) is 5.05. The van der Waals surface area contributed by atoms with Gasteiger partial charge in [0, 0.05) is 48.6 Å². The molecule has 66 heavy (non-hydrogen) atoms. The van der Waals surface area contributed by atoms with Crippen molar-refractivity contribution in [1.82, 2.24) is 0 Å². The molecule has 0 saturated heterocycles. The lowest BCUT2D eigenvalue weighted by Gasteiger charge is -2.35. The first-order chi connectivity index (χ1) is 32.5. The molecule has 4 aliphatic rings. The third-order valence-electron chi connectivity index (χ3n) is 15.6. The highest BCUT2D eigenvalue weighted by Gasteiger charge is 2.53. The molecule has 1 nitrogen and oxygen atoms in total. The molecule has 2 heteroatoms. The molecule has 3 atom stereocenters. The number of anilines is 2. The minimum Gasteiger partial charge on any atom is -0.310 e. The molecule has 4 aliphatic carbocycles. The van der Waals surface area contributed by atoms with E-state index in [0.717, 1.165) is 5.69 Å². The highest BCUT2D eigenvalue weighted by atomic mass is 32.1. The molecule has 0 radical (unpaired) electrons. The Kier molecular flexibility index (Phi) is 8.02. The maximum absolute atomic E-state index is 2.56. The van der Waals surface area contributed by atoms with Gasteiger partial charge >= 0.3 is 0 Å². The van der Waals surface area contributed by atoms with E-state index in [2.05, 4.69) is 243 Å². The second-order valence-corrected chi connectivity index (χ2v) is 20.2. The molecule has 312 valence electrons. The first-order valence-corrected chi connectivity index (χ1v) is 24.2. The number of rotatable bonds is 5. The van der Waals surface area contributed by atoms with Crippen LogP contribution < -0.4 is 4.90 Å². The number of thiophene rings is 1. The van der Waals surface area contributed by atoms with Crippen LogP contribution in [-0.2, 0) is 10.8 Å². The van der Waals surface area contributed by atoms with Gasteiger partial charge in [0.05, 0.1) is 11.1 Å². The second kappa shape index (κ2) is 14.0. The Labute approximate surface area is 390 Å². The quantitative estimate of drug-likeness (QED) is 0.167. The van der Waals surface area contributed by atoms with Gasteiger partial charge in [0.2, 0.25) is 0 Å². The highest BCUT2D eigenvalue weighted by Crippen LogP contribution is 2.65. The van der Waals surface area contributed by atoms with E-state index in [0.29, 0.717) is 11.8 Å². The van der Waals surface area contributed by atoms with E-state index >= 15 is 0 Å². The lowest BCUT2D eigenvalue weighted by atomic mass is 9.70. The number of hydrogen-bond donors (Lipinski definition) is 0. The SMILES string of the molecule is CC1(C)c2ccccc2C2C=CC(N(c3ccc(-c4cccc5c4-c4ccccc4C54c5ccccc5-c5c4ccc4c5sc5ccccc54)cc3)c3ccccc3-c3ccccc3)=CC21. The normalized spacial score (nSPS) is 19.0. The molecule has 9 aromatic carbocycles. The molecule has 0 N–H and O–H groups in total. The maximum atomic E-state index is 2.56.